The van der Waals surface area contributed by atoms with Gasteiger partial charge in [0.1, 0.15) is 5.75 Å². The SMILES string of the molecule is C=CC(=O)Oc1ccc(C2CCC(c3ccc(CCC)c(F)c3F)CC2)cc1. The van der Waals surface area contributed by atoms with Crippen molar-refractivity contribution in [2.75, 3.05) is 0 Å². The van der Waals surface area contributed by atoms with Crippen molar-refractivity contribution in [2.45, 2.75) is 57.3 Å². The summed E-state index contributed by atoms with van der Waals surface area (Å²) in [7, 11) is 0. The van der Waals surface area contributed by atoms with Crippen molar-refractivity contribution in [3.63, 3.8) is 0 Å². The Labute approximate surface area is 165 Å². The van der Waals surface area contributed by atoms with Crippen LogP contribution in [0.3, 0.4) is 0 Å². The highest BCUT2D eigenvalue weighted by Gasteiger charge is 2.27. The van der Waals surface area contributed by atoms with E-state index in [1.165, 1.54) is 5.56 Å². The number of ether oxygens (including phenoxy) is 1. The van der Waals surface area contributed by atoms with E-state index in [1.54, 1.807) is 24.3 Å². The largest absolute Gasteiger partial charge is 0.423 e. The van der Waals surface area contributed by atoms with Crippen LogP contribution < -0.4 is 4.74 Å². The van der Waals surface area contributed by atoms with Crippen molar-refractivity contribution >= 4 is 5.97 Å². The Bertz CT molecular complexity index is 834. The Hall–Kier alpha value is -2.49. The highest BCUT2D eigenvalue weighted by Crippen LogP contribution is 2.42. The van der Waals surface area contributed by atoms with Crippen molar-refractivity contribution in [1.82, 2.24) is 0 Å². The third-order valence-corrected chi connectivity index (χ3v) is 5.62. The molecule has 0 unspecified atom stereocenters. The Morgan fingerprint density at radius 2 is 1.68 bits per heavy atom. The van der Waals surface area contributed by atoms with E-state index in [1.807, 2.05) is 19.1 Å². The Kier molecular flexibility index (Phi) is 6.61. The number of hydrogen-bond donors (Lipinski definition) is 0. The molecule has 0 aromatic heterocycles. The standard InChI is InChI=1S/C24H26F2O2/c1-3-5-19-12-15-21(24(26)23(19)25)18-8-6-16(7-9-18)17-10-13-20(14-11-17)28-22(27)4-2/h4,10-16,18H,2-3,5-9H2,1H3. The maximum absolute atomic E-state index is 14.5. The topological polar surface area (TPSA) is 26.3 Å². The lowest BCUT2D eigenvalue weighted by Gasteiger charge is -2.29. The van der Waals surface area contributed by atoms with Gasteiger partial charge in [-0.15, -0.1) is 0 Å². The highest BCUT2D eigenvalue weighted by molar-refractivity contribution is 5.83. The Balaban J connectivity index is 1.64. The molecular formula is C24H26F2O2. The zero-order valence-electron chi connectivity index (χ0n) is 16.2. The molecule has 1 fully saturated rings. The van der Waals surface area contributed by atoms with E-state index in [2.05, 4.69) is 6.58 Å². The molecule has 3 rings (SSSR count). The summed E-state index contributed by atoms with van der Waals surface area (Å²) in [6.07, 6.45) is 6.01. The third-order valence-electron chi connectivity index (χ3n) is 5.62. The first-order chi connectivity index (χ1) is 13.5. The number of esters is 1. The molecule has 0 bridgehead atoms. The fraction of sp³-hybridized carbons (Fsp3) is 0.375. The van der Waals surface area contributed by atoms with E-state index in [-0.39, 0.29) is 5.92 Å². The van der Waals surface area contributed by atoms with Gasteiger partial charge in [0.2, 0.25) is 0 Å². The zero-order valence-corrected chi connectivity index (χ0v) is 16.2. The maximum Gasteiger partial charge on any atom is 0.335 e. The Morgan fingerprint density at radius 1 is 1.04 bits per heavy atom. The normalized spacial score (nSPS) is 19.2. The van der Waals surface area contributed by atoms with Crippen LogP contribution in [0.2, 0.25) is 0 Å². The smallest absolute Gasteiger partial charge is 0.335 e. The van der Waals surface area contributed by atoms with Crippen molar-refractivity contribution in [3.8, 4) is 5.75 Å². The molecule has 2 aromatic carbocycles. The van der Waals surface area contributed by atoms with Crippen LogP contribution in [0.5, 0.6) is 5.75 Å². The van der Waals surface area contributed by atoms with Crippen LogP contribution in [0.1, 0.15) is 67.6 Å². The van der Waals surface area contributed by atoms with Crippen LogP contribution in [0.25, 0.3) is 0 Å². The van der Waals surface area contributed by atoms with Crippen LogP contribution in [-0.2, 0) is 11.2 Å². The molecule has 0 saturated heterocycles. The molecule has 1 aliphatic carbocycles. The van der Waals surface area contributed by atoms with Crippen LogP contribution in [0, 0.1) is 11.6 Å². The van der Waals surface area contributed by atoms with E-state index in [9.17, 15) is 13.6 Å². The number of benzene rings is 2. The first kappa shape index (κ1) is 20.2. The van der Waals surface area contributed by atoms with E-state index in [0.29, 0.717) is 29.2 Å². The molecular weight excluding hydrogens is 358 g/mol. The molecule has 2 nitrogen and oxygen atoms in total. The minimum atomic E-state index is -0.675. The molecule has 0 spiro atoms. The van der Waals surface area contributed by atoms with Crippen LogP contribution >= 0.6 is 0 Å². The van der Waals surface area contributed by atoms with Gasteiger partial charge in [0.25, 0.3) is 0 Å². The lowest BCUT2D eigenvalue weighted by atomic mass is 9.76. The van der Waals surface area contributed by atoms with Gasteiger partial charge in [-0.3, -0.25) is 0 Å². The Morgan fingerprint density at radius 3 is 2.29 bits per heavy atom. The second-order valence-electron chi connectivity index (χ2n) is 7.43. The van der Waals surface area contributed by atoms with Gasteiger partial charge in [-0.1, -0.05) is 44.2 Å². The molecule has 0 aliphatic heterocycles. The molecule has 0 heterocycles. The molecule has 2 aromatic rings. The van der Waals surface area contributed by atoms with E-state index >= 15 is 0 Å². The van der Waals surface area contributed by atoms with Crippen LogP contribution in [-0.4, -0.2) is 5.97 Å². The molecule has 0 N–H and O–H groups in total. The van der Waals surface area contributed by atoms with E-state index in [4.69, 9.17) is 4.74 Å². The van der Waals surface area contributed by atoms with Gasteiger partial charge in [0.15, 0.2) is 11.6 Å². The first-order valence-corrected chi connectivity index (χ1v) is 9.94. The molecule has 0 atom stereocenters. The van der Waals surface area contributed by atoms with Gasteiger partial charge < -0.3 is 4.74 Å². The lowest BCUT2D eigenvalue weighted by Crippen LogP contribution is -2.14. The third kappa shape index (κ3) is 4.49. The average Bonchev–Trinajstić information content (AvgIpc) is 2.72. The summed E-state index contributed by atoms with van der Waals surface area (Å²) < 4.78 is 33.9. The minimum Gasteiger partial charge on any atom is -0.423 e. The molecule has 1 aliphatic rings. The number of halogens is 2. The fourth-order valence-corrected chi connectivity index (χ4v) is 4.09. The van der Waals surface area contributed by atoms with Crippen molar-refractivity contribution < 1.29 is 18.3 Å². The van der Waals surface area contributed by atoms with Gasteiger partial charge in [0.05, 0.1) is 0 Å². The van der Waals surface area contributed by atoms with Crippen LogP contribution in [0.4, 0.5) is 8.78 Å². The molecule has 148 valence electrons. The number of rotatable bonds is 6. The average molecular weight is 384 g/mol. The van der Waals surface area contributed by atoms with E-state index in [0.717, 1.165) is 38.2 Å². The summed E-state index contributed by atoms with van der Waals surface area (Å²) >= 11 is 0. The summed E-state index contributed by atoms with van der Waals surface area (Å²) in [5, 5.41) is 0. The van der Waals surface area contributed by atoms with Gasteiger partial charge >= 0.3 is 5.97 Å². The zero-order chi connectivity index (χ0) is 20.1. The monoisotopic (exact) mass is 384 g/mol. The highest BCUT2D eigenvalue weighted by atomic mass is 19.2. The molecule has 1 saturated carbocycles. The lowest BCUT2D eigenvalue weighted by molar-refractivity contribution is -0.128. The van der Waals surface area contributed by atoms with E-state index < -0.39 is 17.6 Å². The number of carbonyl (C=O) groups is 1. The summed E-state index contributed by atoms with van der Waals surface area (Å²) in [4.78, 5) is 11.2. The van der Waals surface area contributed by atoms with Gasteiger partial charge in [-0.2, -0.15) is 0 Å². The number of hydrogen-bond acceptors (Lipinski definition) is 2. The van der Waals surface area contributed by atoms with Crippen molar-refractivity contribution in [1.29, 1.82) is 0 Å². The second-order valence-corrected chi connectivity index (χ2v) is 7.43. The second kappa shape index (κ2) is 9.13. The summed E-state index contributed by atoms with van der Waals surface area (Å²) in [5.41, 5.74) is 2.17. The molecule has 28 heavy (non-hydrogen) atoms. The maximum atomic E-state index is 14.5. The predicted molar refractivity (Wildman–Crippen MR) is 107 cm³/mol. The minimum absolute atomic E-state index is 0.0641. The van der Waals surface area contributed by atoms with Gasteiger partial charge in [-0.25, -0.2) is 13.6 Å². The van der Waals surface area contributed by atoms with Crippen molar-refractivity contribution in [2.24, 2.45) is 0 Å². The number of carbonyl (C=O) groups excluding carboxylic acids is 1. The summed E-state index contributed by atoms with van der Waals surface area (Å²) in [6.45, 7) is 5.34. The first-order valence-electron chi connectivity index (χ1n) is 9.94. The predicted octanol–water partition coefficient (Wildman–Crippen LogP) is 6.45. The van der Waals surface area contributed by atoms with Crippen LogP contribution in [0.15, 0.2) is 49.1 Å². The number of aryl methyl sites for hydroxylation is 1. The summed E-state index contributed by atoms with van der Waals surface area (Å²) in [5.74, 6) is -0.879. The van der Waals surface area contributed by atoms with Gasteiger partial charge in [-0.05, 0) is 72.8 Å². The molecule has 0 radical (unpaired) electrons. The molecule has 4 heteroatoms. The molecule has 0 amide bonds. The fourth-order valence-electron chi connectivity index (χ4n) is 4.09. The van der Waals surface area contributed by atoms with Crippen molar-refractivity contribution in [3.05, 3.63) is 77.4 Å². The summed E-state index contributed by atoms with van der Waals surface area (Å²) in [6, 6.07) is 11.0. The van der Waals surface area contributed by atoms with Gasteiger partial charge in [0, 0.05) is 6.08 Å². The quantitative estimate of drug-likeness (QED) is 0.325.